The minimum atomic E-state index is -0.210. The fraction of sp³-hybridized carbons (Fsp3) is 0.318. The first-order valence-electron chi connectivity index (χ1n) is 9.80. The summed E-state index contributed by atoms with van der Waals surface area (Å²) in [4.78, 5) is 19.3. The molecule has 1 aliphatic heterocycles. The zero-order valence-electron chi connectivity index (χ0n) is 16.9. The third-order valence-electron chi connectivity index (χ3n) is 5.15. The Bertz CT molecular complexity index is 994. The molecule has 2 aromatic heterocycles. The van der Waals surface area contributed by atoms with Crippen LogP contribution in [-0.2, 0) is 7.05 Å². The van der Waals surface area contributed by atoms with Gasteiger partial charge in [-0.2, -0.15) is 5.10 Å². The second kappa shape index (κ2) is 7.95. The highest BCUT2D eigenvalue weighted by Crippen LogP contribution is 2.32. The third-order valence-corrected chi connectivity index (χ3v) is 5.15. The van der Waals surface area contributed by atoms with Crippen LogP contribution >= 0.6 is 0 Å². The Morgan fingerprint density at radius 3 is 2.55 bits per heavy atom. The maximum Gasteiger partial charge on any atom is 0.257 e. The van der Waals surface area contributed by atoms with E-state index >= 15 is 0 Å². The van der Waals surface area contributed by atoms with Crippen LogP contribution in [0, 0.1) is 6.92 Å². The first-order valence-corrected chi connectivity index (χ1v) is 9.80. The molecule has 0 bridgehead atoms. The molecule has 0 radical (unpaired) electrons. The zero-order valence-corrected chi connectivity index (χ0v) is 16.9. The molecule has 1 aliphatic rings. The molecule has 0 aliphatic carbocycles. The van der Waals surface area contributed by atoms with Crippen LogP contribution in [0.3, 0.4) is 0 Å². The Hall–Kier alpha value is -3.35. The van der Waals surface area contributed by atoms with Crippen molar-refractivity contribution in [3.05, 3.63) is 65.5 Å². The van der Waals surface area contributed by atoms with Gasteiger partial charge in [-0.3, -0.25) is 9.48 Å². The predicted molar refractivity (Wildman–Crippen MR) is 112 cm³/mol. The minimum Gasteiger partial charge on any atom is -0.470 e. The Labute approximate surface area is 170 Å². The highest BCUT2D eigenvalue weighted by atomic mass is 16.5. The summed E-state index contributed by atoms with van der Waals surface area (Å²) in [5.41, 5.74) is 3.10. The van der Waals surface area contributed by atoms with E-state index < -0.39 is 0 Å². The van der Waals surface area contributed by atoms with Crippen molar-refractivity contribution in [3.63, 3.8) is 0 Å². The number of aryl methyl sites for hydroxylation is 2. The summed E-state index contributed by atoms with van der Waals surface area (Å²) in [6.45, 7) is 5.84. The predicted octanol–water partition coefficient (Wildman–Crippen LogP) is 3.73. The highest BCUT2D eigenvalue weighted by Gasteiger charge is 2.25. The van der Waals surface area contributed by atoms with Crippen molar-refractivity contribution in [2.75, 3.05) is 23.3 Å². The zero-order chi connectivity index (χ0) is 20.4. The number of nitrogens with one attached hydrogen (secondary N) is 1. The molecule has 1 unspecified atom stereocenters. The number of hydrogen-bond donors (Lipinski definition) is 1. The summed E-state index contributed by atoms with van der Waals surface area (Å²) < 4.78 is 7.71. The van der Waals surface area contributed by atoms with E-state index in [4.69, 9.17) is 4.74 Å². The van der Waals surface area contributed by atoms with Gasteiger partial charge in [0.05, 0.1) is 11.3 Å². The maximum atomic E-state index is 12.8. The number of nitrogens with zero attached hydrogens (tertiary/aromatic N) is 4. The van der Waals surface area contributed by atoms with Crippen molar-refractivity contribution < 1.29 is 9.53 Å². The summed E-state index contributed by atoms with van der Waals surface area (Å²) in [7, 11) is 1.90. The van der Waals surface area contributed by atoms with Gasteiger partial charge in [0.25, 0.3) is 5.91 Å². The Morgan fingerprint density at radius 2 is 1.93 bits per heavy atom. The van der Waals surface area contributed by atoms with Crippen LogP contribution in [-0.4, -0.2) is 33.8 Å². The van der Waals surface area contributed by atoms with E-state index in [9.17, 15) is 4.79 Å². The molecule has 3 aromatic rings. The number of carbonyl (C=O) groups is 1. The maximum absolute atomic E-state index is 12.8. The van der Waals surface area contributed by atoms with E-state index in [1.165, 1.54) is 6.20 Å². The number of carbonyl (C=O) groups excluding carboxylic acids is 1. The fourth-order valence-corrected chi connectivity index (χ4v) is 3.43. The van der Waals surface area contributed by atoms with Crippen LogP contribution in [0.2, 0.25) is 0 Å². The van der Waals surface area contributed by atoms with Crippen LogP contribution in [0.1, 0.15) is 41.1 Å². The molecule has 1 amide bonds. The van der Waals surface area contributed by atoms with E-state index in [0.717, 1.165) is 42.3 Å². The normalized spacial score (nSPS) is 14.2. The van der Waals surface area contributed by atoms with Gasteiger partial charge in [0.2, 0.25) is 5.88 Å². The molecular weight excluding hydrogens is 366 g/mol. The van der Waals surface area contributed by atoms with Crippen molar-refractivity contribution in [1.29, 1.82) is 0 Å². The summed E-state index contributed by atoms with van der Waals surface area (Å²) in [5, 5.41) is 7.47. The molecule has 150 valence electrons. The summed E-state index contributed by atoms with van der Waals surface area (Å²) >= 11 is 0. The average molecular weight is 391 g/mol. The summed E-state index contributed by atoms with van der Waals surface area (Å²) in [6.07, 6.45) is 2.57. The Morgan fingerprint density at radius 1 is 1.17 bits per heavy atom. The third kappa shape index (κ3) is 3.94. The lowest BCUT2D eigenvalue weighted by molar-refractivity contribution is 0.102. The molecule has 29 heavy (non-hydrogen) atoms. The van der Waals surface area contributed by atoms with Crippen LogP contribution in [0.25, 0.3) is 0 Å². The number of amides is 1. The number of benzene rings is 1. The first-order chi connectivity index (χ1) is 14.0. The Kier molecular flexibility index (Phi) is 5.20. The van der Waals surface area contributed by atoms with Gasteiger partial charge in [-0.1, -0.05) is 30.3 Å². The van der Waals surface area contributed by atoms with Crippen molar-refractivity contribution in [3.8, 4) is 5.88 Å². The lowest BCUT2D eigenvalue weighted by Gasteiger charge is -2.33. The van der Waals surface area contributed by atoms with Gasteiger partial charge < -0.3 is 15.0 Å². The molecule has 1 fully saturated rings. The van der Waals surface area contributed by atoms with Gasteiger partial charge in [0, 0.05) is 32.4 Å². The van der Waals surface area contributed by atoms with Crippen LogP contribution < -0.4 is 15.0 Å². The Balaban J connectivity index is 1.45. The largest absolute Gasteiger partial charge is 0.470 e. The van der Waals surface area contributed by atoms with Crippen LogP contribution in [0.4, 0.5) is 11.5 Å². The molecule has 4 rings (SSSR count). The fourth-order valence-electron chi connectivity index (χ4n) is 3.43. The SMILES string of the molecule is Cc1nn(C)c(N2CCC2)c1NC(=O)c1ccc(OC(C)c2ccccc2)nc1. The van der Waals surface area contributed by atoms with Gasteiger partial charge in [-0.05, 0) is 31.9 Å². The highest BCUT2D eigenvalue weighted by molar-refractivity contribution is 6.06. The number of hydrogen-bond acceptors (Lipinski definition) is 5. The van der Waals surface area contributed by atoms with Crippen molar-refractivity contribution >= 4 is 17.4 Å². The quantitative estimate of drug-likeness (QED) is 0.693. The van der Waals surface area contributed by atoms with Crippen LogP contribution in [0.5, 0.6) is 5.88 Å². The van der Waals surface area contributed by atoms with Crippen molar-refractivity contribution in [2.45, 2.75) is 26.4 Å². The molecule has 3 heterocycles. The van der Waals surface area contributed by atoms with E-state index in [-0.39, 0.29) is 12.0 Å². The summed E-state index contributed by atoms with van der Waals surface area (Å²) in [5.74, 6) is 1.22. The standard InChI is InChI=1S/C22H25N5O2/c1-15-20(22(26(3)25-15)27-12-7-13-27)24-21(28)18-10-11-19(23-14-18)29-16(2)17-8-5-4-6-9-17/h4-6,8-11,14,16H,7,12-13H2,1-3H3,(H,24,28). The van der Waals surface area contributed by atoms with E-state index in [1.807, 2.05) is 55.9 Å². The molecule has 7 heteroatoms. The first kappa shape index (κ1) is 19.0. The molecule has 1 atom stereocenters. The van der Waals surface area contributed by atoms with Gasteiger partial charge in [0.15, 0.2) is 5.82 Å². The molecule has 0 spiro atoms. The molecule has 1 saturated heterocycles. The second-order valence-corrected chi connectivity index (χ2v) is 7.26. The van der Waals surface area contributed by atoms with E-state index in [2.05, 4.69) is 20.3 Å². The van der Waals surface area contributed by atoms with Crippen LogP contribution in [0.15, 0.2) is 48.7 Å². The lowest BCUT2D eigenvalue weighted by Crippen LogP contribution is -2.39. The molecule has 1 N–H and O–H groups in total. The van der Waals surface area contributed by atoms with E-state index in [0.29, 0.717) is 11.4 Å². The molecule has 1 aromatic carbocycles. The van der Waals surface area contributed by atoms with Crippen molar-refractivity contribution in [1.82, 2.24) is 14.8 Å². The molecule has 7 nitrogen and oxygen atoms in total. The number of anilines is 2. The van der Waals surface area contributed by atoms with Crippen molar-refractivity contribution in [2.24, 2.45) is 7.05 Å². The monoisotopic (exact) mass is 391 g/mol. The second-order valence-electron chi connectivity index (χ2n) is 7.26. The number of rotatable bonds is 6. The number of ether oxygens (including phenoxy) is 1. The lowest BCUT2D eigenvalue weighted by atomic mass is 10.1. The topological polar surface area (TPSA) is 72.3 Å². The molecule has 0 saturated carbocycles. The number of aromatic nitrogens is 3. The van der Waals surface area contributed by atoms with Gasteiger partial charge in [-0.25, -0.2) is 4.98 Å². The average Bonchev–Trinajstić information content (AvgIpc) is 2.95. The van der Waals surface area contributed by atoms with Gasteiger partial charge in [-0.15, -0.1) is 0 Å². The summed E-state index contributed by atoms with van der Waals surface area (Å²) in [6, 6.07) is 13.4. The smallest absolute Gasteiger partial charge is 0.257 e. The number of pyridine rings is 1. The van der Waals surface area contributed by atoms with Gasteiger partial charge in [0.1, 0.15) is 11.8 Å². The minimum absolute atomic E-state index is 0.125. The van der Waals surface area contributed by atoms with Gasteiger partial charge >= 0.3 is 0 Å². The van der Waals surface area contributed by atoms with E-state index in [1.54, 1.807) is 12.1 Å². The molecular formula is C22H25N5O2.